The fourth-order valence-electron chi connectivity index (χ4n) is 2.38. The van der Waals surface area contributed by atoms with Crippen LogP contribution in [0, 0.1) is 11.3 Å². The van der Waals surface area contributed by atoms with E-state index in [1.165, 1.54) is 0 Å². The van der Waals surface area contributed by atoms with Gasteiger partial charge >= 0.3 is 7.48 Å². The molecule has 0 fully saturated rings. The van der Waals surface area contributed by atoms with E-state index in [0.29, 0.717) is 44.4 Å². The van der Waals surface area contributed by atoms with Gasteiger partial charge in [0.25, 0.3) is 0 Å². The van der Waals surface area contributed by atoms with Crippen LogP contribution in [0.3, 0.4) is 0 Å². The molecule has 0 bridgehead atoms. The van der Waals surface area contributed by atoms with Crippen LogP contribution in [-0.2, 0) is 16.0 Å². The number of hydrogen-bond donors (Lipinski definition) is 2. The summed E-state index contributed by atoms with van der Waals surface area (Å²) < 4.78 is 16.0. The van der Waals surface area contributed by atoms with Crippen molar-refractivity contribution in [2.75, 3.05) is 25.6 Å². The predicted octanol–water partition coefficient (Wildman–Crippen LogP) is 1.02. The van der Waals surface area contributed by atoms with Crippen molar-refractivity contribution in [1.82, 2.24) is 4.98 Å². The average molecular weight is 325 g/mol. The molecule has 3 rings (SSSR count). The minimum Gasteiger partial charge on any atom is -0.504 e. The highest BCUT2D eigenvalue weighted by molar-refractivity contribution is 6.49. The number of phenols is 1. The van der Waals surface area contributed by atoms with E-state index in [9.17, 15) is 5.11 Å². The van der Waals surface area contributed by atoms with Crippen LogP contribution in [-0.4, -0.2) is 37.8 Å². The number of nitrogens with zero attached hydrogens (tertiary/aromatic N) is 2. The molecule has 0 saturated heterocycles. The van der Waals surface area contributed by atoms with Gasteiger partial charge in [-0.3, -0.25) is 0 Å². The number of phenolic OH excluding ortho intramolecular Hbond substituents is 1. The van der Waals surface area contributed by atoms with Gasteiger partial charge in [-0.1, -0.05) is 0 Å². The maximum Gasteiger partial charge on any atom is 0.309 e. The Morgan fingerprint density at radius 2 is 2.33 bits per heavy atom. The van der Waals surface area contributed by atoms with Gasteiger partial charge in [0.2, 0.25) is 5.88 Å². The molecule has 1 aliphatic heterocycles. The number of ether oxygens (including phenoxy) is 2. The molecular weight excluding hydrogens is 309 g/mol. The molecule has 1 aromatic heterocycles. The number of nitriles is 1. The minimum atomic E-state index is 0.0271. The van der Waals surface area contributed by atoms with Crippen LogP contribution in [0.15, 0.2) is 24.3 Å². The van der Waals surface area contributed by atoms with E-state index in [4.69, 9.17) is 19.4 Å². The Morgan fingerprint density at radius 3 is 3.12 bits per heavy atom. The maximum absolute atomic E-state index is 10.1. The van der Waals surface area contributed by atoms with E-state index in [-0.39, 0.29) is 11.6 Å². The Morgan fingerprint density at radius 1 is 1.46 bits per heavy atom. The van der Waals surface area contributed by atoms with E-state index in [1.807, 2.05) is 0 Å². The van der Waals surface area contributed by atoms with Crippen molar-refractivity contribution in [2.45, 2.75) is 6.61 Å². The Hall–Kier alpha value is -2.76. The molecule has 0 spiro atoms. The Labute approximate surface area is 140 Å². The van der Waals surface area contributed by atoms with Gasteiger partial charge in [-0.2, -0.15) is 10.2 Å². The third kappa shape index (κ3) is 3.43. The van der Waals surface area contributed by atoms with Crippen LogP contribution in [0.2, 0.25) is 0 Å². The second-order valence-electron chi connectivity index (χ2n) is 5.26. The molecule has 0 radical (unpaired) electrons. The molecule has 7 nitrogen and oxygen atoms in total. The monoisotopic (exact) mass is 325 g/mol. The van der Waals surface area contributed by atoms with Crippen molar-refractivity contribution in [2.24, 2.45) is 0 Å². The van der Waals surface area contributed by atoms with Crippen molar-refractivity contribution >= 4 is 18.8 Å². The molecular formula is C16H16BN3O4. The second-order valence-corrected chi connectivity index (χ2v) is 5.26. The van der Waals surface area contributed by atoms with Crippen molar-refractivity contribution in [1.29, 1.82) is 5.26 Å². The highest BCUT2D eigenvalue weighted by Gasteiger charge is 2.18. The number of methoxy groups -OCH3 is 1. The molecule has 0 unspecified atom stereocenters. The van der Waals surface area contributed by atoms with E-state index >= 15 is 0 Å². The van der Waals surface area contributed by atoms with Crippen molar-refractivity contribution in [3.63, 3.8) is 0 Å². The first-order valence-electron chi connectivity index (χ1n) is 7.45. The molecule has 0 atom stereocenters. The predicted molar refractivity (Wildman–Crippen MR) is 89.1 cm³/mol. The van der Waals surface area contributed by atoms with Crippen LogP contribution >= 0.6 is 0 Å². The lowest BCUT2D eigenvalue weighted by Crippen LogP contribution is -2.11. The summed E-state index contributed by atoms with van der Waals surface area (Å²) in [4.78, 5) is 4.29. The molecule has 1 aromatic carbocycles. The average Bonchev–Trinajstić information content (AvgIpc) is 3.03. The quantitative estimate of drug-likeness (QED) is 0.604. The maximum atomic E-state index is 10.1. The highest BCUT2D eigenvalue weighted by Crippen LogP contribution is 2.32. The number of pyridine rings is 1. The zero-order valence-electron chi connectivity index (χ0n) is 13.2. The number of hydrogen-bond acceptors (Lipinski definition) is 7. The van der Waals surface area contributed by atoms with Crippen LogP contribution in [0.1, 0.15) is 11.1 Å². The van der Waals surface area contributed by atoms with Gasteiger partial charge in [0, 0.05) is 19.7 Å². The molecule has 1 aliphatic rings. The van der Waals surface area contributed by atoms with Gasteiger partial charge in [0.1, 0.15) is 11.9 Å². The third-order valence-corrected chi connectivity index (χ3v) is 3.60. The lowest BCUT2D eigenvalue weighted by molar-refractivity contribution is 0.210. The molecule has 0 aliphatic carbocycles. The number of benzene rings is 1. The van der Waals surface area contributed by atoms with Crippen LogP contribution < -0.4 is 15.5 Å². The zero-order valence-corrected chi connectivity index (χ0v) is 13.2. The second kappa shape index (κ2) is 7.21. The molecule has 2 N–H and O–H groups in total. The molecule has 0 saturated carbocycles. The van der Waals surface area contributed by atoms with Gasteiger partial charge in [-0.05, 0) is 29.2 Å². The van der Waals surface area contributed by atoms with Gasteiger partial charge in [0.15, 0.2) is 11.5 Å². The summed E-state index contributed by atoms with van der Waals surface area (Å²) in [5.41, 5.74) is 2.34. The molecule has 24 heavy (non-hydrogen) atoms. The Balaban J connectivity index is 1.82. The van der Waals surface area contributed by atoms with Crippen molar-refractivity contribution in [3.8, 4) is 23.4 Å². The topological polar surface area (TPSA) is 96.6 Å². The standard InChI is InChI=1S/C16H16BN3O4/c1-22-5-4-19-16-10(8-18)2-3-15(20-16)24-14-6-11-9-23-17-12(11)7-13(14)21/h2-3,6-7,17,21H,4-5,9H2,1H3,(H,19,20). The molecule has 122 valence electrons. The Bertz CT molecular complexity index is 792. The summed E-state index contributed by atoms with van der Waals surface area (Å²) in [5, 5.41) is 22.3. The first-order valence-corrected chi connectivity index (χ1v) is 7.45. The van der Waals surface area contributed by atoms with Gasteiger partial charge in [-0.15, -0.1) is 0 Å². The van der Waals surface area contributed by atoms with E-state index < -0.39 is 0 Å². The third-order valence-electron chi connectivity index (χ3n) is 3.60. The number of fused-ring (bicyclic) bond motifs is 1. The van der Waals surface area contributed by atoms with Crippen LogP contribution in [0.4, 0.5) is 5.82 Å². The lowest BCUT2D eigenvalue weighted by Gasteiger charge is -2.11. The van der Waals surface area contributed by atoms with E-state index in [2.05, 4.69) is 16.4 Å². The highest BCUT2D eigenvalue weighted by atomic mass is 16.5. The summed E-state index contributed by atoms with van der Waals surface area (Å²) in [6, 6.07) is 8.66. The smallest absolute Gasteiger partial charge is 0.309 e. The van der Waals surface area contributed by atoms with E-state index in [0.717, 1.165) is 11.0 Å². The number of rotatable bonds is 6. The summed E-state index contributed by atoms with van der Waals surface area (Å²) in [6.45, 7) is 1.50. The number of aromatic hydroxyl groups is 1. The fourth-order valence-corrected chi connectivity index (χ4v) is 2.38. The van der Waals surface area contributed by atoms with Crippen LogP contribution in [0.25, 0.3) is 0 Å². The van der Waals surface area contributed by atoms with Crippen molar-refractivity contribution < 1.29 is 19.2 Å². The fraction of sp³-hybridized carbons (Fsp3) is 0.250. The van der Waals surface area contributed by atoms with Gasteiger partial charge in [0.05, 0.1) is 18.8 Å². The Kier molecular flexibility index (Phi) is 4.84. The molecule has 0 amide bonds. The summed E-state index contributed by atoms with van der Waals surface area (Å²) in [6.07, 6.45) is 0. The largest absolute Gasteiger partial charge is 0.504 e. The first-order chi connectivity index (χ1) is 11.7. The van der Waals surface area contributed by atoms with Gasteiger partial charge < -0.3 is 24.6 Å². The number of anilines is 1. The number of aromatic nitrogens is 1. The summed E-state index contributed by atoms with van der Waals surface area (Å²) in [5.74, 6) is 1.03. The van der Waals surface area contributed by atoms with E-state index in [1.54, 1.807) is 31.4 Å². The minimum absolute atomic E-state index is 0.0271. The SMILES string of the molecule is COCCNc1nc(Oc2cc3c(cc2O)BOC3)ccc1C#N. The molecule has 2 aromatic rings. The normalized spacial score (nSPS) is 12.2. The summed E-state index contributed by atoms with van der Waals surface area (Å²) in [7, 11) is 2.09. The zero-order chi connectivity index (χ0) is 16.9. The summed E-state index contributed by atoms with van der Waals surface area (Å²) >= 11 is 0. The van der Waals surface area contributed by atoms with Crippen molar-refractivity contribution in [3.05, 3.63) is 35.4 Å². The molecule has 8 heteroatoms. The van der Waals surface area contributed by atoms with Gasteiger partial charge in [-0.25, -0.2) is 0 Å². The lowest BCUT2D eigenvalue weighted by atomic mass is 9.87. The first kappa shape index (κ1) is 16.1. The molecule has 2 heterocycles. The van der Waals surface area contributed by atoms with Crippen LogP contribution in [0.5, 0.6) is 17.4 Å². The number of nitrogens with one attached hydrogen (secondary N) is 1.